The van der Waals surface area contributed by atoms with Crippen LogP contribution in [0, 0.1) is 6.92 Å². The van der Waals surface area contributed by atoms with E-state index in [0.717, 1.165) is 5.82 Å². The average molecular weight is 267 g/mol. The van der Waals surface area contributed by atoms with Crippen LogP contribution in [-0.4, -0.2) is 28.3 Å². The molecule has 2 aromatic heterocycles. The van der Waals surface area contributed by atoms with E-state index in [0.29, 0.717) is 10.9 Å². The molecule has 0 radical (unpaired) electrons. The van der Waals surface area contributed by atoms with Crippen molar-refractivity contribution >= 4 is 17.7 Å². The van der Waals surface area contributed by atoms with Crippen LogP contribution in [0.1, 0.15) is 34.3 Å². The van der Waals surface area contributed by atoms with E-state index in [-0.39, 0.29) is 11.0 Å². The molecule has 2 aromatic rings. The van der Waals surface area contributed by atoms with Crippen LogP contribution in [0.3, 0.4) is 0 Å². The Balaban J connectivity index is 2.07. The number of ether oxygens (including phenoxy) is 1. The minimum Gasteiger partial charge on any atom is -0.463 e. The van der Waals surface area contributed by atoms with E-state index in [1.807, 2.05) is 13.8 Å². The van der Waals surface area contributed by atoms with Crippen molar-refractivity contribution in [2.45, 2.75) is 24.3 Å². The summed E-state index contributed by atoms with van der Waals surface area (Å²) in [5.41, 5.74) is 0. The number of aromatic nitrogens is 3. The number of furan rings is 1. The van der Waals surface area contributed by atoms with Gasteiger partial charge < -0.3 is 9.15 Å². The van der Waals surface area contributed by atoms with Crippen molar-refractivity contribution in [1.82, 2.24) is 15.2 Å². The minimum absolute atomic E-state index is 0.0126. The Morgan fingerprint density at radius 1 is 1.56 bits per heavy atom. The predicted molar refractivity (Wildman–Crippen MR) is 65.4 cm³/mol. The molecule has 1 unspecified atom stereocenters. The monoisotopic (exact) mass is 267 g/mol. The second kappa shape index (κ2) is 5.26. The molecule has 0 saturated carbocycles. The Kier molecular flexibility index (Phi) is 3.71. The number of rotatable bonds is 4. The summed E-state index contributed by atoms with van der Waals surface area (Å²) in [7, 11) is 1.32. The Morgan fingerprint density at radius 3 is 2.94 bits per heavy atom. The number of carbonyl (C=O) groups is 1. The van der Waals surface area contributed by atoms with Crippen molar-refractivity contribution in [3.63, 3.8) is 0 Å². The van der Waals surface area contributed by atoms with Crippen molar-refractivity contribution in [1.29, 1.82) is 0 Å². The van der Waals surface area contributed by atoms with Crippen molar-refractivity contribution in [3.8, 4) is 0 Å². The van der Waals surface area contributed by atoms with E-state index in [4.69, 9.17) is 4.42 Å². The quantitative estimate of drug-likeness (QED) is 0.676. The predicted octanol–water partition coefficient (Wildman–Crippen LogP) is 2.35. The number of thioether (sulfide) groups is 1. The summed E-state index contributed by atoms with van der Waals surface area (Å²) >= 11 is 1.45. The Hall–Kier alpha value is -1.76. The lowest BCUT2D eigenvalue weighted by Gasteiger charge is -2.04. The van der Waals surface area contributed by atoms with Gasteiger partial charge in [-0.15, -0.1) is 5.10 Å². The topological polar surface area (TPSA) is 81.0 Å². The fourth-order valence-corrected chi connectivity index (χ4v) is 2.22. The van der Waals surface area contributed by atoms with Crippen LogP contribution in [0.4, 0.5) is 0 Å². The van der Waals surface area contributed by atoms with Crippen molar-refractivity contribution in [3.05, 3.63) is 29.5 Å². The highest BCUT2D eigenvalue weighted by Crippen LogP contribution is 2.33. The van der Waals surface area contributed by atoms with Gasteiger partial charge in [-0.3, -0.25) is 5.10 Å². The van der Waals surface area contributed by atoms with E-state index in [2.05, 4.69) is 19.9 Å². The number of aryl methyl sites for hydroxylation is 1. The molecule has 0 fully saturated rings. The van der Waals surface area contributed by atoms with Crippen LogP contribution in [0.15, 0.2) is 21.7 Å². The molecule has 6 nitrogen and oxygen atoms in total. The summed E-state index contributed by atoms with van der Waals surface area (Å²) in [4.78, 5) is 15.5. The summed E-state index contributed by atoms with van der Waals surface area (Å²) in [6.45, 7) is 3.79. The van der Waals surface area contributed by atoms with Crippen LogP contribution in [-0.2, 0) is 4.74 Å². The molecule has 0 aliphatic heterocycles. The van der Waals surface area contributed by atoms with Gasteiger partial charge in [0.1, 0.15) is 11.6 Å². The lowest BCUT2D eigenvalue weighted by atomic mass is 10.3. The van der Waals surface area contributed by atoms with Crippen molar-refractivity contribution in [2.24, 2.45) is 0 Å². The van der Waals surface area contributed by atoms with E-state index in [9.17, 15) is 4.79 Å². The molecular weight excluding hydrogens is 254 g/mol. The van der Waals surface area contributed by atoms with Gasteiger partial charge in [0, 0.05) is 0 Å². The second-order valence-electron chi connectivity index (χ2n) is 3.66. The SMILES string of the molecule is COC(=O)c1ccc(C(C)Sc2n[nH]c(C)n2)o1. The first-order valence-electron chi connectivity index (χ1n) is 5.34. The molecule has 0 aliphatic rings. The molecule has 0 amide bonds. The standard InChI is InChI=1S/C11H13N3O3S/c1-6(18-11-12-7(2)13-14-11)8-4-5-9(17-8)10(15)16-3/h4-6H,1-3H3,(H,12,13,14). The maximum absolute atomic E-state index is 11.3. The van der Waals surface area contributed by atoms with Gasteiger partial charge in [0.2, 0.25) is 10.9 Å². The molecule has 96 valence electrons. The molecule has 1 atom stereocenters. The summed E-state index contributed by atoms with van der Waals surface area (Å²) in [5.74, 6) is 1.17. The van der Waals surface area contributed by atoms with Crippen LogP contribution >= 0.6 is 11.8 Å². The average Bonchev–Trinajstić information content (AvgIpc) is 2.97. The molecule has 0 saturated heterocycles. The number of carbonyl (C=O) groups excluding carboxylic acids is 1. The number of methoxy groups -OCH3 is 1. The van der Waals surface area contributed by atoms with Gasteiger partial charge in [-0.2, -0.15) is 0 Å². The third kappa shape index (κ3) is 2.73. The highest BCUT2D eigenvalue weighted by Gasteiger charge is 2.17. The summed E-state index contributed by atoms with van der Waals surface area (Å²) in [6, 6.07) is 3.35. The maximum Gasteiger partial charge on any atom is 0.373 e. The van der Waals surface area contributed by atoms with Gasteiger partial charge in [0.25, 0.3) is 0 Å². The molecule has 7 heteroatoms. The zero-order valence-corrected chi connectivity index (χ0v) is 11.1. The van der Waals surface area contributed by atoms with Crippen LogP contribution in [0.2, 0.25) is 0 Å². The van der Waals surface area contributed by atoms with Crippen LogP contribution in [0.5, 0.6) is 0 Å². The van der Waals surface area contributed by atoms with Gasteiger partial charge >= 0.3 is 5.97 Å². The van der Waals surface area contributed by atoms with E-state index in [1.165, 1.54) is 18.9 Å². The Bertz CT molecular complexity index is 549. The first-order valence-corrected chi connectivity index (χ1v) is 6.22. The number of nitrogens with one attached hydrogen (secondary N) is 1. The van der Waals surface area contributed by atoms with Crippen molar-refractivity contribution < 1.29 is 13.9 Å². The molecule has 0 bridgehead atoms. The second-order valence-corrected chi connectivity index (χ2v) is 4.97. The van der Waals surface area contributed by atoms with Crippen LogP contribution in [0.25, 0.3) is 0 Å². The molecule has 0 aromatic carbocycles. The number of H-pyrrole nitrogens is 1. The number of nitrogens with zero attached hydrogens (tertiary/aromatic N) is 2. The van der Waals surface area contributed by atoms with Crippen LogP contribution < -0.4 is 0 Å². The Morgan fingerprint density at radius 2 is 2.33 bits per heavy atom. The van der Waals surface area contributed by atoms with Crippen molar-refractivity contribution in [2.75, 3.05) is 7.11 Å². The normalized spacial score (nSPS) is 12.4. The summed E-state index contributed by atoms with van der Waals surface area (Å²) in [5, 5.41) is 7.47. The minimum atomic E-state index is -0.479. The third-order valence-electron chi connectivity index (χ3n) is 2.27. The summed E-state index contributed by atoms with van der Waals surface area (Å²) in [6.07, 6.45) is 0. The number of aromatic amines is 1. The fraction of sp³-hybridized carbons (Fsp3) is 0.364. The highest BCUT2D eigenvalue weighted by atomic mass is 32.2. The molecule has 0 spiro atoms. The first-order chi connectivity index (χ1) is 8.60. The number of hydrogen-bond donors (Lipinski definition) is 1. The smallest absolute Gasteiger partial charge is 0.373 e. The lowest BCUT2D eigenvalue weighted by Crippen LogP contribution is -1.98. The Labute approximate surface area is 108 Å². The van der Waals surface area contributed by atoms with Gasteiger partial charge in [0.05, 0.1) is 12.4 Å². The lowest BCUT2D eigenvalue weighted by molar-refractivity contribution is 0.0563. The fourth-order valence-electron chi connectivity index (χ4n) is 1.37. The molecule has 18 heavy (non-hydrogen) atoms. The third-order valence-corrected chi connectivity index (χ3v) is 3.25. The zero-order chi connectivity index (χ0) is 13.1. The summed E-state index contributed by atoms with van der Waals surface area (Å²) < 4.78 is 10.00. The molecule has 2 heterocycles. The zero-order valence-electron chi connectivity index (χ0n) is 10.3. The van der Waals surface area contributed by atoms with Gasteiger partial charge in [-0.1, -0.05) is 11.8 Å². The largest absolute Gasteiger partial charge is 0.463 e. The highest BCUT2D eigenvalue weighted by molar-refractivity contribution is 7.99. The molecular formula is C11H13N3O3S. The maximum atomic E-state index is 11.3. The van der Waals surface area contributed by atoms with E-state index < -0.39 is 5.97 Å². The van der Waals surface area contributed by atoms with E-state index >= 15 is 0 Å². The molecule has 0 aliphatic carbocycles. The first kappa shape index (κ1) is 12.7. The van der Waals surface area contributed by atoms with E-state index in [1.54, 1.807) is 12.1 Å². The number of hydrogen-bond acceptors (Lipinski definition) is 6. The number of esters is 1. The van der Waals surface area contributed by atoms with Gasteiger partial charge in [0.15, 0.2) is 0 Å². The van der Waals surface area contributed by atoms with Gasteiger partial charge in [-0.25, -0.2) is 9.78 Å². The molecule has 1 N–H and O–H groups in total. The van der Waals surface area contributed by atoms with Gasteiger partial charge in [-0.05, 0) is 26.0 Å². The molecule has 2 rings (SSSR count).